The van der Waals surface area contributed by atoms with Crippen molar-refractivity contribution in [1.29, 1.82) is 0 Å². The number of amides is 2. The Bertz CT molecular complexity index is 929. The highest BCUT2D eigenvalue weighted by molar-refractivity contribution is 5.83. The Kier molecular flexibility index (Phi) is 7.87. The Balaban J connectivity index is 1.42. The molecule has 3 rings (SSSR count). The maximum Gasteiger partial charge on any atom is 0.407 e. The summed E-state index contributed by atoms with van der Waals surface area (Å²) in [5.74, 6) is -1.33. The number of benzene rings is 2. The van der Waals surface area contributed by atoms with E-state index < -0.39 is 18.1 Å². The van der Waals surface area contributed by atoms with Gasteiger partial charge in [0.05, 0.1) is 0 Å². The maximum absolute atomic E-state index is 12.2. The standard InChI is InChI=1S/C25H30N2O5/c1-3-22(24(29)30)27-23(28)14-16(2)12-13-26-25(31)32-15-21-19-10-6-4-8-17(19)18-9-5-7-11-20(18)21/h4-11,16,21-22H,3,12-15H2,1-2H3,(H,26,31)(H,27,28)(H,29,30)/t16?,22-/m0/s1. The molecule has 0 heterocycles. The molecule has 0 spiro atoms. The van der Waals surface area contributed by atoms with E-state index in [0.29, 0.717) is 19.4 Å². The van der Waals surface area contributed by atoms with Crippen LogP contribution in [0, 0.1) is 5.92 Å². The topological polar surface area (TPSA) is 105 Å². The van der Waals surface area contributed by atoms with E-state index in [1.807, 2.05) is 31.2 Å². The first-order valence-corrected chi connectivity index (χ1v) is 11.0. The molecule has 0 aromatic heterocycles. The van der Waals surface area contributed by atoms with Crippen LogP contribution in [0.4, 0.5) is 4.79 Å². The molecule has 0 aliphatic heterocycles. The lowest BCUT2D eigenvalue weighted by molar-refractivity contribution is -0.142. The van der Waals surface area contributed by atoms with Gasteiger partial charge in [-0.3, -0.25) is 4.79 Å². The summed E-state index contributed by atoms with van der Waals surface area (Å²) in [4.78, 5) is 35.2. The lowest BCUT2D eigenvalue weighted by Crippen LogP contribution is -2.40. The minimum Gasteiger partial charge on any atom is -0.480 e. The second-order valence-electron chi connectivity index (χ2n) is 8.22. The zero-order chi connectivity index (χ0) is 23.1. The Morgan fingerprint density at radius 3 is 2.19 bits per heavy atom. The highest BCUT2D eigenvalue weighted by Crippen LogP contribution is 2.44. The lowest BCUT2D eigenvalue weighted by atomic mass is 9.98. The minimum atomic E-state index is -1.04. The molecule has 7 nitrogen and oxygen atoms in total. The number of hydrogen-bond donors (Lipinski definition) is 3. The molecule has 2 atom stereocenters. The van der Waals surface area contributed by atoms with E-state index in [-0.39, 0.29) is 30.8 Å². The third-order valence-electron chi connectivity index (χ3n) is 5.83. The van der Waals surface area contributed by atoms with Crippen LogP contribution in [0.15, 0.2) is 48.5 Å². The fourth-order valence-electron chi connectivity index (χ4n) is 4.08. The average Bonchev–Trinajstić information content (AvgIpc) is 3.09. The van der Waals surface area contributed by atoms with Crippen molar-refractivity contribution in [3.8, 4) is 11.1 Å². The summed E-state index contributed by atoms with van der Waals surface area (Å²) in [6.07, 6.45) is 0.636. The molecule has 0 bridgehead atoms. The number of alkyl carbamates (subject to hydrolysis) is 1. The van der Waals surface area contributed by atoms with Gasteiger partial charge in [-0.05, 0) is 41.0 Å². The van der Waals surface area contributed by atoms with E-state index >= 15 is 0 Å². The highest BCUT2D eigenvalue weighted by Gasteiger charge is 2.29. The predicted octanol–water partition coefficient (Wildman–Crippen LogP) is 3.92. The maximum atomic E-state index is 12.2. The average molecular weight is 439 g/mol. The van der Waals surface area contributed by atoms with E-state index in [1.54, 1.807) is 6.92 Å². The van der Waals surface area contributed by atoms with Crippen LogP contribution in [-0.2, 0) is 14.3 Å². The molecule has 2 aromatic carbocycles. The molecule has 0 fully saturated rings. The van der Waals surface area contributed by atoms with Gasteiger partial charge in [0.15, 0.2) is 0 Å². The van der Waals surface area contributed by atoms with Gasteiger partial charge in [-0.1, -0.05) is 62.4 Å². The number of rotatable bonds is 10. The van der Waals surface area contributed by atoms with Gasteiger partial charge in [0.2, 0.25) is 5.91 Å². The molecule has 0 radical (unpaired) electrons. The van der Waals surface area contributed by atoms with Crippen LogP contribution in [0.2, 0.25) is 0 Å². The third kappa shape index (κ3) is 5.66. The Hall–Kier alpha value is -3.35. The number of fused-ring (bicyclic) bond motifs is 3. The second-order valence-corrected chi connectivity index (χ2v) is 8.22. The molecule has 170 valence electrons. The Morgan fingerprint density at radius 1 is 1.03 bits per heavy atom. The van der Waals surface area contributed by atoms with Gasteiger partial charge in [-0.2, -0.15) is 0 Å². The molecule has 2 amide bonds. The molecule has 2 aromatic rings. The van der Waals surface area contributed by atoms with Crippen molar-refractivity contribution in [2.24, 2.45) is 5.92 Å². The van der Waals surface area contributed by atoms with Crippen molar-refractivity contribution in [2.45, 2.75) is 45.1 Å². The summed E-state index contributed by atoms with van der Waals surface area (Å²) in [6.45, 7) is 4.23. The molecule has 32 heavy (non-hydrogen) atoms. The molecule has 1 unspecified atom stereocenters. The van der Waals surface area contributed by atoms with Gasteiger partial charge in [0.25, 0.3) is 0 Å². The van der Waals surface area contributed by atoms with E-state index in [2.05, 4.69) is 34.9 Å². The first kappa shape index (κ1) is 23.3. The minimum absolute atomic E-state index is 0.00446. The summed E-state index contributed by atoms with van der Waals surface area (Å²) in [5, 5.41) is 14.3. The van der Waals surface area contributed by atoms with E-state index in [0.717, 1.165) is 11.1 Å². The van der Waals surface area contributed by atoms with Gasteiger partial charge in [0.1, 0.15) is 12.6 Å². The van der Waals surface area contributed by atoms with Crippen molar-refractivity contribution in [3.05, 3.63) is 59.7 Å². The number of nitrogens with one attached hydrogen (secondary N) is 2. The first-order chi connectivity index (χ1) is 15.4. The van der Waals surface area contributed by atoms with Crippen molar-refractivity contribution in [2.75, 3.05) is 13.2 Å². The monoisotopic (exact) mass is 438 g/mol. The molecule has 0 saturated heterocycles. The normalized spacial score (nSPS) is 14.1. The Morgan fingerprint density at radius 2 is 1.62 bits per heavy atom. The number of carbonyl (C=O) groups excluding carboxylic acids is 2. The van der Waals surface area contributed by atoms with Crippen molar-refractivity contribution in [1.82, 2.24) is 10.6 Å². The lowest BCUT2D eigenvalue weighted by Gasteiger charge is -2.16. The zero-order valence-corrected chi connectivity index (χ0v) is 18.5. The van der Waals surface area contributed by atoms with Crippen LogP contribution < -0.4 is 10.6 Å². The predicted molar refractivity (Wildman–Crippen MR) is 121 cm³/mol. The Labute approximate surface area is 188 Å². The molecule has 1 aliphatic rings. The third-order valence-corrected chi connectivity index (χ3v) is 5.83. The van der Waals surface area contributed by atoms with Crippen molar-refractivity contribution in [3.63, 3.8) is 0 Å². The summed E-state index contributed by atoms with van der Waals surface area (Å²) >= 11 is 0. The van der Waals surface area contributed by atoms with E-state index in [1.165, 1.54) is 11.1 Å². The van der Waals surface area contributed by atoms with Crippen LogP contribution in [0.3, 0.4) is 0 Å². The quantitative estimate of drug-likeness (QED) is 0.521. The second kappa shape index (κ2) is 10.8. The number of aliphatic carboxylic acids is 1. The molecule has 3 N–H and O–H groups in total. The van der Waals surface area contributed by atoms with Crippen LogP contribution >= 0.6 is 0 Å². The smallest absolute Gasteiger partial charge is 0.407 e. The van der Waals surface area contributed by atoms with Crippen LogP contribution in [0.5, 0.6) is 0 Å². The summed E-state index contributed by atoms with van der Waals surface area (Å²) < 4.78 is 5.50. The summed E-state index contributed by atoms with van der Waals surface area (Å²) in [7, 11) is 0. The largest absolute Gasteiger partial charge is 0.480 e. The molecule has 7 heteroatoms. The summed E-state index contributed by atoms with van der Waals surface area (Å²) in [5.41, 5.74) is 4.68. The molecular formula is C25H30N2O5. The number of carboxylic acid groups (broad SMARTS) is 1. The number of carboxylic acids is 1. The van der Waals surface area contributed by atoms with Crippen LogP contribution in [0.25, 0.3) is 11.1 Å². The first-order valence-electron chi connectivity index (χ1n) is 11.0. The zero-order valence-electron chi connectivity index (χ0n) is 18.5. The van der Waals surface area contributed by atoms with Gasteiger partial charge >= 0.3 is 12.1 Å². The van der Waals surface area contributed by atoms with Gasteiger partial charge < -0.3 is 20.5 Å². The van der Waals surface area contributed by atoms with Crippen molar-refractivity contribution < 1.29 is 24.2 Å². The number of hydrogen-bond acceptors (Lipinski definition) is 4. The van der Waals surface area contributed by atoms with Crippen LogP contribution in [0.1, 0.15) is 50.2 Å². The number of ether oxygens (including phenoxy) is 1. The summed E-state index contributed by atoms with van der Waals surface area (Å²) in [6, 6.07) is 15.5. The van der Waals surface area contributed by atoms with E-state index in [9.17, 15) is 14.4 Å². The van der Waals surface area contributed by atoms with Gasteiger partial charge in [-0.25, -0.2) is 9.59 Å². The van der Waals surface area contributed by atoms with Crippen molar-refractivity contribution >= 4 is 18.0 Å². The fraction of sp³-hybridized carbons (Fsp3) is 0.400. The SMILES string of the molecule is CC[C@H](NC(=O)CC(C)CCNC(=O)OCC1c2ccccc2-c2ccccc21)C(=O)O. The number of carbonyl (C=O) groups is 3. The highest BCUT2D eigenvalue weighted by atomic mass is 16.5. The molecule has 1 aliphatic carbocycles. The molecular weight excluding hydrogens is 408 g/mol. The van der Waals surface area contributed by atoms with Crippen LogP contribution in [-0.4, -0.2) is 42.3 Å². The molecule has 0 saturated carbocycles. The van der Waals surface area contributed by atoms with Gasteiger partial charge in [-0.15, -0.1) is 0 Å². The fourth-order valence-corrected chi connectivity index (χ4v) is 4.08. The van der Waals surface area contributed by atoms with Gasteiger partial charge in [0, 0.05) is 18.9 Å². The van der Waals surface area contributed by atoms with E-state index in [4.69, 9.17) is 9.84 Å².